The first-order valence-corrected chi connectivity index (χ1v) is 5.42. The average molecular weight is 199 g/mol. The van der Waals surface area contributed by atoms with Gasteiger partial charge in [0.1, 0.15) is 5.82 Å². The summed E-state index contributed by atoms with van der Waals surface area (Å²) in [4.78, 5) is 0.740. The van der Waals surface area contributed by atoms with Gasteiger partial charge in [-0.3, -0.25) is 0 Å². The van der Waals surface area contributed by atoms with E-state index in [1.165, 1.54) is 17.8 Å². The number of benzene rings is 1. The maximum absolute atomic E-state index is 13.3. The van der Waals surface area contributed by atoms with Crippen molar-refractivity contribution in [3.8, 4) is 0 Å². The van der Waals surface area contributed by atoms with E-state index in [4.69, 9.17) is 0 Å². The molecule has 3 heteroatoms. The topological polar surface area (TPSA) is 12.0 Å². The fourth-order valence-electron chi connectivity index (χ4n) is 1.24. The van der Waals surface area contributed by atoms with Crippen molar-refractivity contribution in [1.82, 2.24) is 5.32 Å². The lowest BCUT2D eigenvalue weighted by Crippen LogP contribution is -2.13. The van der Waals surface area contributed by atoms with Crippen LogP contribution in [0.25, 0.3) is 0 Å². The van der Waals surface area contributed by atoms with Gasteiger partial charge in [0, 0.05) is 10.9 Å². The van der Waals surface area contributed by atoms with E-state index in [0.29, 0.717) is 0 Å². The van der Waals surface area contributed by atoms with Crippen molar-refractivity contribution in [2.45, 2.75) is 17.9 Å². The van der Waals surface area contributed by atoms with Gasteiger partial charge in [-0.15, -0.1) is 11.8 Å². The van der Waals surface area contributed by atoms with Crippen LogP contribution < -0.4 is 5.32 Å². The first kappa shape index (κ1) is 10.5. The molecule has 1 aromatic carbocycles. The molecule has 0 fully saturated rings. The Hall–Kier alpha value is -0.540. The third kappa shape index (κ3) is 2.23. The second-order valence-corrected chi connectivity index (χ2v) is 3.69. The molecule has 0 heterocycles. The first-order chi connectivity index (χ1) is 6.20. The van der Waals surface area contributed by atoms with Gasteiger partial charge in [0.2, 0.25) is 0 Å². The van der Waals surface area contributed by atoms with Gasteiger partial charge in [0.05, 0.1) is 0 Å². The summed E-state index contributed by atoms with van der Waals surface area (Å²) in [7, 11) is 1.87. The molecule has 0 aliphatic heterocycles. The second kappa shape index (κ2) is 4.63. The van der Waals surface area contributed by atoms with Gasteiger partial charge in [0.25, 0.3) is 0 Å². The Morgan fingerprint density at radius 2 is 2.15 bits per heavy atom. The van der Waals surface area contributed by atoms with Crippen LogP contribution in [0.3, 0.4) is 0 Å². The van der Waals surface area contributed by atoms with Crippen molar-refractivity contribution in [3.63, 3.8) is 0 Å². The molecule has 0 amide bonds. The highest BCUT2D eigenvalue weighted by Gasteiger charge is 2.11. The van der Waals surface area contributed by atoms with Crippen LogP contribution in [-0.2, 0) is 0 Å². The van der Waals surface area contributed by atoms with Gasteiger partial charge >= 0.3 is 0 Å². The van der Waals surface area contributed by atoms with Crippen molar-refractivity contribution in [1.29, 1.82) is 0 Å². The molecule has 0 aromatic heterocycles. The van der Waals surface area contributed by atoms with Crippen LogP contribution in [-0.4, -0.2) is 13.3 Å². The standard InChI is InChI=1S/C10H14FNS/c1-7(12-2)8-5-4-6-9(11)10(8)13-3/h4-7,12H,1-3H3. The third-order valence-electron chi connectivity index (χ3n) is 2.10. The van der Waals surface area contributed by atoms with Crippen LogP contribution in [0.1, 0.15) is 18.5 Å². The Morgan fingerprint density at radius 1 is 1.46 bits per heavy atom. The summed E-state index contributed by atoms with van der Waals surface area (Å²) in [5.41, 5.74) is 1.02. The Labute approximate surface area is 82.7 Å². The van der Waals surface area contributed by atoms with E-state index in [1.807, 2.05) is 26.3 Å². The minimum absolute atomic E-state index is 0.132. The highest BCUT2D eigenvalue weighted by molar-refractivity contribution is 7.98. The summed E-state index contributed by atoms with van der Waals surface area (Å²) >= 11 is 1.45. The van der Waals surface area contributed by atoms with Crippen LogP contribution in [0.4, 0.5) is 4.39 Å². The van der Waals surface area contributed by atoms with E-state index in [-0.39, 0.29) is 11.9 Å². The van der Waals surface area contributed by atoms with Crippen molar-refractivity contribution in [2.75, 3.05) is 13.3 Å². The Bertz CT molecular complexity index is 288. The van der Waals surface area contributed by atoms with E-state index in [1.54, 1.807) is 6.07 Å². The summed E-state index contributed by atoms with van der Waals surface area (Å²) in [5, 5.41) is 3.10. The normalized spacial score (nSPS) is 12.9. The molecule has 1 rings (SSSR count). The lowest BCUT2D eigenvalue weighted by atomic mass is 10.1. The zero-order valence-corrected chi connectivity index (χ0v) is 8.91. The number of rotatable bonds is 3. The Kier molecular flexibility index (Phi) is 3.75. The number of nitrogens with one attached hydrogen (secondary N) is 1. The van der Waals surface area contributed by atoms with Crippen molar-refractivity contribution in [3.05, 3.63) is 29.6 Å². The van der Waals surface area contributed by atoms with Crippen LogP contribution in [0.5, 0.6) is 0 Å². The molecule has 1 aromatic rings. The highest BCUT2D eigenvalue weighted by Crippen LogP contribution is 2.27. The predicted octanol–water partition coefficient (Wildman–Crippen LogP) is 2.83. The zero-order valence-electron chi connectivity index (χ0n) is 8.10. The molecular weight excluding hydrogens is 185 g/mol. The van der Waals surface area contributed by atoms with Gasteiger partial charge < -0.3 is 5.32 Å². The molecule has 0 saturated heterocycles. The summed E-state index contributed by atoms with van der Waals surface area (Å²) in [6, 6.07) is 5.39. The fraction of sp³-hybridized carbons (Fsp3) is 0.400. The van der Waals surface area contributed by atoms with Gasteiger partial charge in [-0.25, -0.2) is 4.39 Å². The van der Waals surface area contributed by atoms with E-state index < -0.39 is 0 Å². The molecule has 0 radical (unpaired) electrons. The molecule has 1 N–H and O–H groups in total. The van der Waals surface area contributed by atoms with Crippen LogP contribution in [0.2, 0.25) is 0 Å². The summed E-state index contributed by atoms with van der Waals surface area (Å²) in [6.07, 6.45) is 1.89. The number of thioether (sulfide) groups is 1. The molecule has 0 saturated carbocycles. The van der Waals surface area contributed by atoms with E-state index in [2.05, 4.69) is 5.32 Å². The molecule has 0 spiro atoms. The monoisotopic (exact) mass is 199 g/mol. The van der Waals surface area contributed by atoms with Crippen molar-refractivity contribution < 1.29 is 4.39 Å². The van der Waals surface area contributed by atoms with Gasteiger partial charge in [0.15, 0.2) is 0 Å². The largest absolute Gasteiger partial charge is 0.313 e. The smallest absolute Gasteiger partial charge is 0.137 e. The molecule has 1 unspecified atom stereocenters. The molecule has 0 aliphatic carbocycles. The van der Waals surface area contributed by atoms with Gasteiger partial charge in [-0.2, -0.15) is 0 Å². The van der Waals surface area contributed by atoms with Crippen LogP contribution in [0, 0.1) is 5.82 Å². The first-order valence-electron chi connectivity index (χ1n) is 4.20. The number of hydrogen-bond donors (Lipinski definition) is 1. The summed E-state index contributed by atoms with van der Waals surface area (Å²) in [5.74, 6) is -0.132. The highest BCUT2D eigenvalue weighted by atomic mass is 32.2. The lowest BCUT2D eigenvalue weighted by Gasteiger charge is -2.14. The Balaban J connectivity index is 3.12. The second-order valence-electron chi connectivity index (χ2n) is 2.87. The summed E-state index contributed by atoms with van der Waals surface area (Å²) < 4.78 is 13.3. The molecule has 1 nitrogen and oxygen atoms in total. The minimum atomic E-state index is -0.132. The van der Waals surface area contributed by atoms with Gasteiger partial charge in [-0.05, 0) is 31.9 Å². The fourth-order valence-corrected chi connectivity index (χ4v) is 1.98. The van der Waals surface area contributed by atoms with E-state index in [0.717, 1.165) is 10.5 Å². The molecule has 13 heavy (non-hydrogen) atoms. The van der Waals surface area contributed by atoms with Gasteiger partial charge in [-0.1, -0.05) is 12.1 Å². The zero-order chi connectivity index (χ0) is 9.84. The van der Waals surface area contributed by atoms with Crippen LogP contribution >= 0.6 is 11.8 Å². The van der Waals surface area contributed by atoms with Crippen molar-refractivity contribution in [2.24, 2.45) is 0 Å². The van der Waals surface area contributed by atoms with Crippen LogP contribution in [0.15, 0.2) is 23.1 Å². The lowest BCUT2D eigenvalue weighted by molar-refractivity contribution is 0.576. The quantitative estimate of drug-likeness (QED) is 0.751. The SMILES string of the molecule is CNC(C)c1cccc(F)c1SC. The predicted molar refractivity (Wildman–Crippen MR) is 55.7 cm³/mol. The van der Waals surface area contributed by atoms with E-state index >= 15 is 0 Å². The molecule has 1 atom stereocenters. The average Bonchev–Trinajstić information content (AvgIpc) is 2.16. The molecule has 72 valence electrons. The maximum atomic E-state index is 13.3. The minimum Gasteiger partial charge on any atom is -0.313 e. The summed E-state index contributed by atoms with van der Waals surface area (Å²) in [6.45, 7) is 2.02. The molecular formula is C10H14FNS. The molecule has 0 aliphatic rings. The van der Waals surface area contributed by atoms with Crippen molar-refractivity contribution >= 4 is 11.8 Å². The number of hydrogen-bond acceptors (Lipinski definition) is 2. The third-order valence-corrected chi connectivity index (χ3v) is 2.94. The molecule has 0 bridgehead atoms. The Morgan fingerprint density at radius 3 is 2.69 bits per heavy atom. The van der Waals surface area contributed by atoms with E-state index in [9.17, 15) is 4.39 Å². The maximum Gasteiger partial charge on any atom is 0.137 e. The number of halogens is 1.